The SMILES string of the molecule is Cc1cc(C(=O)N2CCN(CCc3ccncc3)CC2)ncn1. The Kier molecular flexibility index (Phi) is 4.92. The van der Waals surface area contributed by atoms with Crippen LogP contribution in [-0.4, -0.2) is 63.4 Å². The summed E-state index contributed by atoms with van der Waals surface area (Å²) in [6.45, 7) is 6.19. The molecule has 3 heterocycles. The van der Waals surface area contributed by atoms with Crippen molar-refractivity contribution < 1.29 is 4.79 Å². The van der Waals surface area contributed by atoms with Crippen LogP contribution in [0.1, 0.15) is 21.7 Å². The zero-order chi connectivity index (χ0) is 16.1. The summed E-state index contributed by atoms with van der Waals surface area (Å²) in [4.78, 5) is 28.9. The average Bonchev–Trinajstić information content (AvgIpc) is 2.61. The summed E-state index contributed by atoms with van der Waals surface area (Å²) < 4.78 is 0. The number of amides is 1. The maximum atomic E-state index is 12.4. The topological polar surface area (TPSA) is 62.2 Å². The van der Waals surface area contributed by atoms with Crippen molar-refractivity contribution in [3.05, 3.63) is 53.9 Å². The zero-order valence-corrected chi connectivity index (χ0v) is 13.4. The first-order valence-corrected chi connectivity index (χ1v) is 7.91. The lowest BCUT2D eigenvalue weighted by Crippen LogP contribution is -2.49. The van der Waals surface area contributed by atoms with Gasteiger partial charge in [-0.25, -0.2) is 9.97 Å². The Morgan fingerprint density at radius 2 is 1.87 bits per heavy atom. The van der Waals surface area contributed by atoms with Crippen molar-refractivity contribution >= 4 is 5.91 Å². The van der Waals surface area contributed by atoms with E-state index in [1.807, 2.05) is 24.2 Å². The van der Waals surface area contributed by atoms with Crippen LogP contribution in [0.4, 0.5) is 0 Å². The Hall–Kier alpha value is -2.34. The van der Waals surface area contributed by atoms with Gasteiger partial charge >= 0.3 is 0 Å². The van der Waals surface area contributed by atoms with Crippen molar-refractivity contribution in [2.24, 2.45) is 0 Å². The molecule has 0 aliphatic carbocycles. The molecule has 120 valence electrons. The fourth-order valence-corrected chi connectivity index (χ4v) is 2.74. The van der Waals surface area contributed by atoms with Gasteiger partial charge in [0.2, 0.25) is 0 Å². The number of aromatic nitrogens is 3. The molecule has 2 aromatic rings. The molecular formula is C17H21N5O. The van der Waals surface area contributed by atoms with Crippen molar-refractivity contribution in [3.8, 4) is 0 Å². The third-order valence-electron chi connectivity index (χ3n) is 4.15. The summed E-state index contributed by atoms with van der Waals surface area (Å²) in [7, 11) is 0. The molecule has 6 nitrogen and oxygen atoms in total. The van der Waals surface area contributed by atoms with E-state index < -0.39 is 0 Å². The molecule has 0 aromatic carbocycles. The van der Waals surface area contributed by atoms with Gasteiger partial charge in [0, 0.05) is 50.8 Å². The van der Waals surface area contributed by atoms with Crippen LogP contribution in [-0.2, 0) is 6.42 Å². The summed E-state index contributed by atoms with van der Waals surface area (Å²) in [5.74, 6) is 0.00397. The maximum Gasteiger partial charge on any atom is 0.272 e. The number of aryl methyl sites for hydroxylation is 1. The highest BCUT2D eigenvalue weighted by Crippen LogP contribution is 2.08. The van der Waals surface area contributed by atoms with Crippen LogP contribution in [0.25, 0.3) is 0 Å². The number of carbonyl (C=O) groups is 1. The van der Waals surface area contributed by atoms with Gasteiger partial charge in [-0.3, -0.25) is 14.7 Å². The lowest BCUT2D eigenvalue weighted by atomic mass is 10.2. The van der Waals surface area contributed by atoms with Crippen molar-refractivity contribution in [2.45, 2.75) is 13.3 Å². The van der Waals surface area contributed by atoms with Crippen molar-refractivity contribution in [2.75, 3.05) is 32.7 Å². The second-order valence-electron chi connectivity index (χ2n) is 5.78. The molecule has 0 N–H and O–H groups in total. The summed E-state index contributed by atoms with van der Waals surface area (Å²) in [6, 6.07) is 5.85. The van der Waals surface area contributed by atoms with Crippen molar-refractivity contribution in [3.63, 3.8) is 0 Å². The fourth-order valence-electron chi connectivity index (χ4n) is 2.74. The van der Waals surface area contributed by atoms with E-state index >= 15 is 0 Å². The van der Waals surface area contributed by atoms with Gasteiger partial charge in [-0.15, -0.1) is 0 Å². The van der Waals surface area contributed by atoms with E-state index in [0.717, 1.165) is 44.8 Å². The van der Waals surface area contributed by atoms with Crippen LogP contribution in [0.2, 0.25) is 0 Å². The molecule has 3 rings (SSSR count). The van der Waals surface area contributed by atoms with E-state index in [0.29, 0.717) is 5.69 Å². The predicted molar refractivity (Wildman–Crippen MR) is 87.1 cm³/mol. The predicted octanol–water partition coefficient (Wildman–Crippen LogP) is 1.18. The number of rotatable bonds is 4. The molecule has 1 amide bonds. The average molecular weight is 311 g/mol. The largest absolute Gasteiger partial charge is 0.335 e. The summed E-state index contributed by atoms with van der Waals surface area (Å²) in [5, 5.41) is 0. The number of pyridine rings is 1. The van der Waals surface area contributed by atoms with Crippen molar-refractivity contribution in [1.29, 1.82) is 0 Å². The van der Waals surface area contributed by atoms with Crippen LogP contribution in [0.5, 0.6) is 0 Å². The van der Waals surface area contributed by atoms with Crippen molar-refractivity contribution in [1.82, 2.24) is 24.8 Å². The Bertz CT molecular complexity index is 653. The molecule has 2 aromatic heterocycles. The highest BCUT2D eigenvalue weighted by atomic mass is 16.2. The van der Waals surface area contributed by atoms with Gasteiger partial charge in [0.1, 0.15) is 12.0 Å². The molecule has 6 heteroatoms. The first-order chi connectivity index (χ1) is 11.2. The number of hydrogen-bond acceptors (Lipinski definition) is 5. The molecule has 1 aliphatic heterocycles. The molecule has 23 heavy (non-hydrogen) atoms. The third-order valence-corrected chi connectivity index (χ3v) is 4.15. The molecule has 1 fully saturated rings. The number of piperazine rings is 1. The number of carbonyl (C=O) groups excluding carboxylic acids is 1. The Morgan fingerprint density at radius 1 is 1.13 bits per heavy atom. The first kappa shape index (κ1) is 15.6. The van der Waals surface area contributed by atoms with Crippen LogP contribution < -0.4 is 0 Å². The Balaban J connectivity index is 1.49. The maximum absolute atomic E-state index is 12.4. The molecule has 0 bridgehead atoms. The molecule has 0 spiro atoms. The monoisotopic (exact) mass is 311 g/mol. The quantitative estimate of drug-likeness (QED) is 0.848. The smallest absolute Gasteiger partial charge is 0.272 e. The molecule has 1 saturated heterocycles. The minimum Gasteiger partial charge on any atom is -0.335 e. The summed E-state index contributed by atoms with van der Waals surface area (Å²) in [6.07, 6.45) is 6.13. The fraction of sp³-hybridized carbons (Fsp3) is 0.412. The molecule has 0 unspecified atom stereocenters. The van der Waals surface area contributed by atoms with E-state index in [9.17, 15) is 4.79 Å². The van der Waals surface area contributed by atoms with Gasteiger partial charge in [-0.2, -0.15) is 0 Å². The zero-order valence-electron chi connectivity index (χ0n) is 13.4. The lowest BCUT2D eigenvalue weighted by molar-refractivity contribution is 0.0632. The molecule has 1 aliphatic rings. The summed E-state index contributed by atoms with van der Waals surface area (Å²) >= 11 is 0. The molecule has 0 radical (unpaired) electrons. The van der Waals surface area contributed by atoms with E-state index in [-0.39, 0.29) is 5.91 Å². The van der Waals surface area contributed by atoms with Gasteiger partial charge in [0.15, 0.2) is 0 Å². The van der Waals surface area contributed by atoms with Gasteiger partial charge in [0.25, 0.3) is 5.91 Å². The first-order valence-electron chi connectivity index (χ1n) is 7.91. The van der Waals surface area contributed by atoms with E-state index in [4.69, 9.17) is 0 Å². The standard InChI is InChI=1S/C17H21N5O/c1-14-12-16(20-13-19-14)17(23)22-10-8-21(9-11-22)7-4-15-2-5-18-6-3-15/h2-3,5-6,12-13H,4,7-11H2,1H3. The number of hydrogen-bond donors (Lipinski definition) is 0. The lowest BCUT2D eigenvalue weighted by Gasteiger charge is -2.34. The Morgan fingerprint density at radius 3 is 2.57 bits per heavy atom. The molecule has 0 saturated carbocycles. The van der Waals surface area contributed by atoms with Crippen LogP contribution in [0.3, 0.4) is 0 Å². The second kappa shape index (κ2) is 7.28. The van der Waals surface area contributed by atoms with Crippen LogP contribution in [0.15, 0.2) is 36.9 Å². The van der Waals surface area contributed by atoms with Gasteiger partial charge in [0.05, 0.1) is 0 Å². The minimum absolute atomic E-state index is 0.00397. The van der Waals surface area contributed by atoms with E-state index in [1.165, 1.54) is 11.9 Å². The third kappa shape index (κ3) is 4.10. The summed E-state index contributed by atoms with van der Waals surface area (Å²) in [5.41, 5.74) is 2.61. The van der Waals surface area contributed by atoms with Gasteiger partial charge in [-0.1, -0.05) is 0 Å². The van der Waals surface area contributed by atoms with Gasteiger partial charge < -0.3 is 4.90 Å². The Labute approximate surface area is 136 Å². The number of nitrogens with zero attached hydrogens (tertiary/aromatic N) is 5. The normalized spacial score (nSPS) is 15.6. The highest BCUT2D eigenvalue weighted by molar-refractivity contribution is 5.92. The van der Waals surface area contributed by atoms with Gasteiger partial charge in [-0.05, 0) is 37.1 Å². The highest BCUT2D eigenvalue weighted by Gasteiger charge is 2.22. The van der Waals surface area contributed by atoms with Crippen LogP contribution in [0, 0.1) is 6.92 Å². The second-order valence-corrected chi connectivity index (χ2v) is 5.78. The minimum atomic E-state index is 0.00397. The van der Waals surface area contributed by atoms with Crippen LogP contribution >= 0.6 is 0 Å². The van der Waals surface area contributed by atoms with E-state index in [2.05, 4.69) is 32.0 Å². The molecular weight excluding hydrogens is 290 g/mol. The molecule has 0 atom stereocenters. The van der Waals surface area contributed by atoms with E-state index in [1.54, 1.807) is 6.07 Å².